The number of para-hydroxylation sites is 1. The van der Waals surface area contributed by atoms with E-state index in [2.05, 4.69) is 26.8 Å². The van der Waals surface area contributed by atoms with Crippen LogP contribution in [0.2, 0.25) is 0 Å². The van der Waals surface area contributed by atoms with Crippen LogP contribution in [-0.4, -0.2) is 58.8 Å². The molecular formula is C19H23N5O2S. The number of pyridine rings is 1. The Hall–Kier alpha value is -2.29. The predicted molar refractivity (Wildman–Crippen MR) is 105 cm³/mol. The van der Waals surface area contributed by atoms with Crippen molar-refractivity contribution in [2.45, 2.75) is 18.7 Å². The summed E-state index contributed by atoms with van der Waals surface area (Å²) in [6.07, 6.45) is 5.18. The van der Waals surface area contributed by atoms with Crippen LogP contribution in [0.1, 0.15) is 24.4 Å². The van der Waals surface area contributed by atoms with Crippen LogP contribution < -0.4 is 0 Å². The average Bonchev–Trinajstić information content (AvgIpc) is 3.22. The largest absolute Gasteiger partial charge is 0.347 e. The summed E-state index contributed by atoms with van der Waals surface area (Å²) >= 11 is 0. The molecule has 142 valence electrons. The first-order valence-electron chi connectivity index (χ1n) is 9.12. The summed E-state index contributed by atoms with van der Waals surface area (Å²) in [6.45, 7) is 4.52. The number of fused-ring (bicyclic) bond motifs is 1. The molecule has 1 aromatic carbocycles. The minimum Gasteiger partial charge on any atom is -0.347 e. The van der Waals surface area contributed by atoms with Crippen molar-refractivity contribution in [1.82, 2.24) is 24.2 Å². The highest BCUT2D eigenvalue weighted by atomic mass is 32.2. The topological polar surface area (TPSA) is 82.2 Å². The number of aromatic amines is 1. The van der Waals surface area contributed by atoms with Gasteiger partial charge in [0.25, 0.3) is 0 Å². The number of rotatable bonds is 5. The van der Waals surface area contributed by atoms with Crippen LogP contribution >= 0.6 is 0 Å². The molecule has 1 N–H and O–H groups in total. The number of nitrogens with zero attached hydrogens (tertiary/aromatic N) is 4. The Kier molecular flexibility index (Phi) is 4.94. The quantitative estimate of drug-likeness (QED) is 0.728. The molecule has 2 aromatic heterocycles. The van der Waals surface area contributed by atoms with Gasteiger partial charge in [-0.25, -0.2) is 13.4 Å². The fraction of sp³-hybridized carbons (Fsp3) is 0.368. The fourth-order valence-corrected chi connectivity index (χ4v) is 5.25. The molecular weight excluding hydrogens is 362 g/mol. The second kappa shape index (κ2) is 7.38. The number of imidazole rings is 1. The van der Waals surface area contributed by atoms with Crippen LogP contribution in [0.25, 0.3) is 10.9 Å². The second-order valence-electron chi connectivity index (χ2n) is 6.73. The molecule has 0 saturated carbocycles. The van der Waals surface area contributed by atoms with Gasteiger partial charge in [-0.1, -0.05) is 31.2 Å². The zero-order valence-corrected chi connectivity index (χ0v) is 16.1. The van der Waals surface area contributed by atoms with Crippen molar-refractivity contribution in [3.05, 3.63) is 60.3 Å². The lowest BCUT2D eigenvalue weighted by atomic mass is 10.1. The lowest BCUT2D eigenvalue weighted by Crippen LogP contribution is -2.50. The van der Waals surface area contributed by atoms with Gasteiger partial charge in [0.2, 0.25) is 10.0 Å². The molecule has 8 heteroatoms. The van der Waals surface area contributed by atoms with Gasteiger partial charge in [-0.05, 0) is 18.2 Å². The molecule has 0 aliphatic carbocycles. The standard InChI is InChI=1S/C19H23N5O2S/c1-2-23-11-12-24(13-17(23)19-21-9-10-22-19)27(25,26)14-16-6-3-5-15-7-4-8-20-18(15)16/h3-10,17H,2,11-14H2,1H3,(H,21,22)/t17-/m1/s1. The summed E-state index contributed by atoms with van der Waals surface area (Å²) in [6, 6.07) is 9.43. The van der Waals surface area contributed by atoms with E-state index in [0.717, 1.165) is 28.8 Å². The first-order chi connectivity index (χ1) is 13.1. The van der Waals surface area contributed by atoms with Crippen molar-refractivity contribution >= 4 is 20.9 Å². The number of likely N-dealkylation sites (N-methyl/N-ethyl adjacent to an activating group) is 1. The average molecular weight is 385 g/mol. The highest BCUT2D eigenvalue weighted by Gasteiger charge is 2.34. The van der Waals surface area contributed by atoms with Gasteiger partial charge in [-0.2, -0.15) is 4.31 Å². The number of aromatic nitrogens is 3. The molecule has 7 nitrogen and oxygen atoms in total. The molecule has 0 amide bonds. The maximum atomic E-state index is 13.2. The van der Waals surface area contributed by atoms with E-state index in [-0.39, 0.29) is 11.8 Å². The number of benzene rings is 1. The zero-order chi connectivity index (χ0) is 18.9. The maximum Gasteiger partial charge on any atom is 0.218 e. The number of piperazine rings is 1. The number of hydrogen-bond acceptors (Lipinski definition) is 5. The van der Waals surface area contributed by atoms with Crippen LogP contribution in [0.15, 0.2) is 48.9 Å². The van der Waals surface area contributed by atoms with Crippen molar-refractivity contribution in [3.63, 3.8) is 0 Å². The number of hydrogen-bond donors (Lipinski definition) is 1. The van der Waals surface area contributed by atoms with Crippen LogP contribution in [0.5, 0.6) is 0 Å². The molecule has 1 saturated heterocycles. The van der Waals surface area contributed by atoms with E-state index in [1.54, 1.807) is 22.9 Å². The number of sulfonamides is 1. The Bertz CT molecular complexity index is 1010. The smallest absolute Gasteiger partial charge is 0.218 e. The molecule has 0 unspecified atom stereocenters. The molecule has 1 aliphatic rings. The summed E-state index contributed by atoms with van der Waals surface area (Å²) in [5.41, 5.74) is 1.49. The van der Waals surface area contributed by atoms with Gasteiger partial charge in [-0.15, -0.1) is 0 Å². The van der Waals surface area contributed by atoms with Crippen molar-refractivity contribution in [3.8, 4) is 0 Å². The summed E-state index contributed by atoms with van der Waals surface area (Å²) in [5.74, 6) is 0.766. The van der Waals surface area contributed by atoms with Crippen molar-refractivity contribution < 1.29 is 8.42 Å². The highest BCUT2D eigenvalue weighted by molar-refractivity contribution is 7.88. The fourth-order valence-electron chi connectivity index (χ4n) is 3.72. The van der Waals surface area contributed by atoms with Crippen LogP contribution in [0, 0.1) is 0 Å². The predicted octanol–water partition coefficient (Wildman–Crippen LogP) is 2.17. The van der Waals surface area contributed by atoms with Crippen LogP contribution in [-0.2, 0) is 15.8 Å². The van der Waals surface area contributed by atoms with Gasteiger partial charge >= 0.3 is 0 Å². The molecule has 27 heavy (non-hydrogen) atoms. The third kappa shape index (κ3) is 3.60. The molecule has 4 rings (SSSR count). The first-order valence-corrected chi connectivity index (χ1v) is 10.7. The molecule has 3 heterocycles. The second-order valence-corrected chi connectivity index (χ2v) is 8.69. The van der Waals surface area contributed by atoms with Gasteiger partial charge in [0, 0.05) is 43.6 Å². The lowest BCUT2D eigenvalue weighted by molar-refractivity contribution is 0.119. The third-order valence-electron chi connectivity index (χ3n) is 5.14. The summed E-state index contributed by atoms with van der Waals surface area (Å²) < 4.78 is 27.9. The Labute approximate surface area is 159 Å². The molecule has 3 aromatic rings. The van der Waals surface area contributed by atoms with Gasteiger partial charge in [0.1, 0.15) is 5.82 Å². The van der Waals surface area contributed by atoms with E-state index in [0.29, 0.717) is 19.6 Å². The molecule has 0 radical (unpaired) electrons. The molecule has 0 spiro atoms. The summed E-state index contributed by atoms with van der Waals surface area (Å²) in [4.78, 5) is 14.1. The molecule has 0 bridgehead atoms. The van der Waals surface area contributed by atoms with E-state index in [1.165, 1.54) is 0 Å². The SMILES string of the molecule is CCN1CCN(S(=O)(=O)Cc2cccc3cccnc23)C[C@@H]1c1ncc[nH]1. The highest BCUT2D eigenvalue weighted by Crippen LogP contribution is 2.26. The first kappa shape index (κ1) is 18.1. The Morgan fingerprint density at radius 2 is 2.00 bits per heavy atom. The molecule has 1 aliphatic heterocycles. The van der Waals surface area contributed by atoms with Crippen LogP contribution in [0.4, 0.5) is 0 Å². The normalized spacial score (nSPS) is 19.5. The summed E-state index contributed by atoms with van der Waals surface area (Å²) in [7, 11) is -3.46. The zero-order valence-electron chi connectivity index (χ0n) is 15.2. The Balaban J connectivity index is 1.60. The molecule has 1 fully saturated rings. The Morgan fingerprint density at radius 3 is 2.78 bits per heavy atom. The maximum absolute atomic E-state index is 13.2. The lowest BCUT2D eigenvalue weighted by Gasteiger charge is -2.39. The van der Waals surface area contributed by atoms with E-state index in [1.807, 2.05) is 30.3 Å². The van der Waals surface area contributed by atoms with Crippen molar-refractivity contribution in [2.75, 3.05) is 26.2 Å². The van der Waals surface area contributed by atoms with Crippen LogP contribution in [0.3, 0.4) is 0 Å². The minimum atomic E-state index is -3.46. The Morgan fingerprint density at radius 1 is 1.15 bits per heavy atom. The van der Waals surface area contributed by atoms with E-state index < -0.39 is 10.0 Å². The van der Waals surface area contributed by atoms with Gasteiger partial charge in [0.05, 0.1) is 17.3 Å². The van der Waals surface area contributed by atoms with E-state index in [4.69, 9.17) is 0 Å². The third-order valence-corrected chi connectivity index (χ3v) is 6.94. The monoisotopic (exact) mass is 385 g/mol. The summed E-state index contributed by atoms with van der Waals surface area (Å²) in [5, 5.41) is 0.953. The van der Waals surface area contributed by atoms with Gasteiger partial charge < -0.3 is 4.98 Å². The van der Waals surface area contributed by atoms with Crippen molar-refractivity contribution in [2.24, 2.45) is 0 Å². The minimum absolute atomic E-state index is 0.0433. The number of nitrogens with one attached hydrogen (secondary N) is 1. The van der Waals surface area contributed by atoms with E-state index in [9.17, 15) is 8.42 Å². The van der Waals surface area contributed by atoms with Gasteiger partial charge in [-0.3, -0.25) is 9.88 Å². The van der Waals surface area contributed by atoms with Crippen molar-refractivity contribution in [1.29, 1.82) is 0 Å². The molecule has 1 atom stereocenters. The van der Waals surface area contributed by atoms with E-state index >= 15 is 0 Å². The number of H-pyrrole nitrogens is 1. The van der Waals surface area contributed by atoms with Gasteiger partial charge in [0.15, 0.2) is 0 Å².